The molecule has 1 N–H and O–H groups in total. The van der Waals surface area contributed by atoms with Gasteiger partial charge in [0.1, 0.15) is 0 Å². The van der Waals surface area contributed by atoms with E-state index in [2.05, 4.69) is 19.3 Å². The van der Waals surface area contributed by atoms with Crippen molar-refractivity contribution in [2.24, 2.45) is 0 Å². The average Bonchev–Trinajstić information content (AvgIpc) is 3.24. The van der Waals surface area contributed by atoms with Gasteiger partial charge in [-0.15, -0.1) is 0 Å². The predicted molar refractivity (Wildman–Crippen MR) is 133 cm³/mol. The number of nitrogens with zero attached hydrogens (tertiary/aromatic N) is 3. The Hall–Kier alpha value is -2.71. The molecule has 0 radical (unpaired) electrons. The summed E-state index contributed by atoms with van der Waals surface area (Å²) in [6.07, 6.45) is 9.78. The average molecular weight is 483 g/mol. The fourth-order valence-corrected chi connectivity index (χ4v) is 6.29. The number of benzene rings is 1. The Kier molecular flexibility index (Phi) is 7.38. The van der Waals surface area contributed by atoms with Crippen molar-refractivity contribution < 1.29 is 13.2 Å². The first-order valence-corrected chi connectivity index (χ1v) is 13.5. The SMILES string of the molecule is CCc1cc(-c2ccc(OC(C)C)nc2)ccc1S(=O)(=O)NC1CCCC(n2cncc2C)C1. The number of nitrogens with one attached hydrogen (secondary N) is 1. The summed E-state index contributed by atoms with van der Waals surface area (Å²) in [5.74, 6) is 0.578. The van der Waals surface area contributed by atoms with E-state index in [-0.39, 0.29) is 18.2 Å². The van der Waals surface area contributed by atoms with Crippen LogP contribution in [0.1, 0.15) is 63.8 Å². The molecule has 2 heterocycles. The summed E-state index contributed by atoms with van der Waals surface area (Å²) in [5.41, 5.74) is 3.77. The number of pyridine rings is 1. The van der Waals surface area contributed by atoms with E-state index >= 15 is 0 Å². The monoisotopic (exact) mass is 482 g/mol. The Bertz CT molecular complexity index is 1220. The van der Waals surface area contributed by atoms with Crippen molar-refractivity contribution in [2.75, 3.05) is 0 Å². The maximum Gasteiger partial charge on any atom is 0.241 e. The van der Waals surface area contributed by atoms with Crippen molar-refractivity contribution in [3.63, 3.8) is 0 Å². The van der Waals surface area contributed by atoms with Crippen LogP contribution in [0.2, 0.25) is 0 Å². The van der Waals surface area contributed by atoms with E-state index in [1.54, 1.807) is 12.3 Å². The van der Waals surface area contributed by atoms with Gasteiger partial charge in [-0.25, -0.2) is 23.1 Å². The molecule has 0 spiro atoms. The minimum Gasteiger partial charge on any atom is -0.475 e. The van der Waals surface area contributed by atoms with Crippen molar-refractivity contribution in [3.8, 4) is 17.0 Å². The van der Waals surface area contributed by atoms with Crippen LogP contribution in [0.15, 0.2) is 53.9 Å². The molecule has 34 heavy (non-hydrogen) atoms. The summed E-state index contributed by atoms with van der Waals surface area (Å²) >= 11 is 0. The highest BCUT2D eigenvalue weighted by Gasteiger charge is 2.29. The summed E-state index contributed by atoms with van der Waals surface area (Å²) in [4.78, 5) is 8.96. The van der Waals surface area contributed by atoms with Gasteiger partial charge in [0, 0.05) is 41.8 Å². The van der Waals surface area contributed by atoms with Crippen LogP contribution in [0.5, 0.6) is 5.88 Å². The van der Waals surface area contributed by atoms with Crippen molar-refractivity contribution >= 4 is 10.0 Å². The molecule has 182 valence electrons. The number of hydrogen-bond donors (Lipinski definition) is 1. The van der Waals surface area contributed by atoms with Gasteiger partial charge in [-0.2, -0.15) is 0 Å². The van der Waals surface area contributed by atoms with Gasteiger partial charge in [-0.05, 0) is 82.2 Å². The first-order chi connectivity index (χ1) is 16.3. The first-order valence-electron chi connectivity index (χ1n) is 12.0. The number of sulfonamides is 1. The van der Waals surface area contributed by atoms with Crippen LogP contribution in [0.25, 0.3) is 11.1 Å². The largest absolute Gasteiger partial charge is 0.475 e. The molecule has 1 aliphatic carbocycles. The lowest BCUT2D eigenvalue weighted by Gasteiger charge is -2.31. The molecule has 1 saturated carbocycles. The van der Waals surface area contributed by atoms with Crippen molar-refractivity contribution in [1.29, 1.82) is 0 Å². The van der Waals surface area contributed by atoms with Crippen molar-refractivity contribution in [1.82, 2.24) is 19.3 Å². The molecule has 4 rings (SSSR count). The van der Waals surface area contributed by atoms with Gasteiger partial charge in [0.15, 0.2) is 0 Å². The van der Waals surface area contributed by atoms with Gasteiger partial charge in [-0.3, -0.25) is 0 Å². The Morgan fingerprint density at radius 1 is 1.15 bits per heavy atom. The molecule has 2 aromatic heterocycles. The summed E-state index contributed by atoms with van der Waals surface area (Å²) in [7, 11) is -3.63. The Balaban J connectivity index is 1.52. The highest BCUT2D eigenvalue weighted by Crippen LogP contribution is 2.31. The van der Waals surface area contributed by atoms with Crippen molar-refractivity contribution in [3.05, 3.63) is 60.3 Å². The normalized spacial score (nSPS) is 18.9. The molecule has 8 heteroatoms. The molecule has 1 aromatic carbocycles. The third-order valence-corrected chi connectivity index (χ3v) is 8.00. The van der Waals surface area contributed by atoms with Gasteiger partial charge in [0.2, 0.25) is 15.9 Å². The van der Waals surface area contributed by atoms with Crippen LogP contribution in [-0.2, 0) is 16.4 Å². The van der Waals surface area contributed by atoms with Gasteiger partial charge in [-0.1, -0.05) is 13.0 Å². The first kappa shape index (κ1) is 24.4. The molecular weight excluding hydrogens is 448 g/mol. The topological polar surface area (TPSA) is 86.1 Å². The fourth-order valence-electron chi connectivity index (χ4n) is 4.72. The highest BCUT2D eigenvalue weighted by molar-refractivity contribution is 7.89. The zero-order valence-corrected chi connectivity index (χ0v) is 21.2. The summed E-state index contributed by atoms with van der Waals surface area (Å²) in [6, 6.07) is 9.50. The summed E-state index contributed by atoms with van der Waals surface area (Å²) in [5, 5.41) is 0. The zero-order valence-electron chi connectivity index (χ0n) is 20.4. The van der Waals surface area contributed by atoms with E-state index in [1.165, 1.54) is 0 Å². The van der Waals surface area contributed by atoms with E-state index < -0.39 is 10.0 Å². The summed E-state index contributed by atoms with van der Waals surface area (Å²) < 4.78 is 37.5. The van der Waals surface area contributed by atoms with E-state index in [4.69, 9.17) is 4.74 Å². The van der Waals surface area contributed by atoms with E-state index in [9.17, 15) is 8.42 Å². The van der Waals surface area contributed by atoms with Crippen LogP contribution >= 0.6 is 0 Å². The Morgan fingerprint density at radius 2 is 1.94 bits per heavy atom. The van der Waals surface area contributed by atoms with Crippen LogP contribution < -0.4 is 9.46 Å². The second-order valence-electron chi connectivity index (χ2n) is 9.31. The molecule has 1 fully saturated rings. The lowest BCUT2D eigenvalue weighted by atomic mass is 9.91. The third kappa shape index (κ3) is 5.50. The number of ether oxygens (including phenoxy) is 1. The zero-order chi connectivity index (χ0) is 24.3. The molecule has 0 amide bonds. The number of imidazole rings is 1. The molecule has 0 saturated heterocycles. The van der Waals surface area contributed by atoms with E-state index in [0.29, 0.717) is 17.2 Å². The predicted octanol–water partition coefficient (Wildman–Crippen LogP) is 5.07. The molecule has 0 aliphatic heterocycles. The molecule has 2 atom stereocenters. The van der Waals surface area contributed by atoms with Crippen LogP contribution in [-0.4, -0.2) is 35.1 Å². The lowest BCUT2D eigenvalue weighted by molar-refractivity contribution is 0.232. The third-order valence-electron chi connectivity index (χ3n) is 6.38. The Morgan fingerprint density at radius 3 is 2.59 bits per heavy atom. The van der Waals surface area contributed by atoms with Crippen LogP contribution in [0.4, 0.5) is 0 Å². The summed E-state index contributed by atoms with van der Waals surface area (Å²) in [6.45, 7) is 7.94. The fraction of sp³-hybridized carbons (Fsp3) is 0.462. The number of aryl methyl sites for hydroxylation is 2. The number of rotatable bonds is 8. The molecule has 2 unspecified atom stereocenters. The highest BCUT2D eigenvalue weighted by atomic mass is 32.2. The van der Waals surface area contributed by atoms with Crippen LogP contribution in [0.3, 0.4) is 0 Å². The van der Waals surface area contributed by atoms with Gasteiger partial charge < -0.3 is 9.30 Å². The molecule has 3 aromatic rings. The lowest BCUT2D eigenvalue weighted by Crippen LogP contribution is -2.39. The second kappa shape index (κ2) is 10.3. The van der Waals surface area contributed by atoms with Gasteiger partial charge in [0.05, 0.1) is 17.3 Å². The van der Waals surface area contributed by atoms with Crippen molar-refractivity contribution in [2.45, 2.75) is 82.9 Å². The quantitative estimate of drug-likeness (QED) is 0.485. The Labute approximate surface area is 202 Å². The minimum absolute atomic E-state index is 0.0606. The van der Waals surface area contributed by atoms with E-state index in [1.807, 2.05) is 64.5 Å². The molecule has 1 aliphatic rings. The second-order valence-corrected chi connectivity index (χ2v) is 11.0. The minimum atomic E-state index is -3.63. The molecular formula is C26H34N4O3S. The smallest absolute Gasteiger partial charge is 0.241 e. The number of aromatic nitrogens is 3. The number of hydrogen-bond acceptors (Lipinski definition) is 5. The molecule has 7 nitrogen and oxygen atoms in total. The van der Waals surface area contributed by atoms with E-state index in [0.717, 1.165) is 48.1 Å². The van der Waals surface area contributed by atoms with Crippen LogP contribution in [0, 0.1) is 6.92 Å². The van der Waals surface area contributed by atoms with Gasteiger partial charge >= 0.3 is 0 Å². The van der Waals surface area contributed by atoms with Gasteiger partial charge in [0.25, 0.3) is 0 Å². The maximum atomic E-state index is 13.4. The standard InChI is InChI=1S/C26H34N4O3S/c1-5-20-13-21(22-10-12-26(28-16-22)33-18(2)3)9-11-25(20)34(31,32)29-23-7-6-8-24(14-23)30-17-27-15-19(30)4/h9-13,15-18,23-24,29H,5-8,14H2,1-4H3. The maximum absolute atomic E-state index is 13.4. The molecule has 0 bridgehead atoms.